The highest BCUT2D eigenvalue weighted by molar-refractivity contribution is 6.00. The normalized spacial score (nSPS) is 10.5. The van der Waals surface area contributed by atoms with Gasteiger partial charge in [-0.1, -0.05) is 18.2 Å². The molecule has 3 nitrogen and oxygen atoms in total. The quantitative estimate of drug-likeness (QED) is 0.717. The van der Waals surface area contributed by atoms with Crippen molar-refractivity contribution in [2.24, 2.45) is 7.05 Å². The average molecular weight is 203 g/mol. The van der Waals surface area contributed by atoms with Gasteiger partial charge in [-0.05, 0) is 13.0 Å². The lowest BCUT2D eigenvalue weighted by Gasteiger charge is -2.04. The summed E-state index contributed by atoms with van der Waals surface area (Å²) in [6.45, 7) is 2.47. The highest BCUT2D eigenvalue weighted by Gasteiger charge is 2.14. The van der Waals surface area contributed by atoms with Crippen molar-refractivity contribution in [3.05, 3.63) is 29.8 Å². The van der Waals surface area contributed by atoms with Crippen LogP contribution in [0.2, 0.25) is 0 Å². The summed E-state index contributed by atoms with van der Waals surface area (Å²) in [4.78, 5) is 11.0. The number of carbonyl (C=O) groups is 1. The zero-order valence-electron chi connectivity index (χ0n) is 8.86. The number of nitrogens with zero attached hydrogens (tertiary/aromatic N) is 1. The predicted octanol–water partition coefficient (Wildman–Crippen LogP) is 2.39. The van der Waals surface area contributed by atoms with Crippen LogP contribution in [-0.4, -0.2) is 17.5 Å². The van der Waals surface area contributed by atoms with E-state index in [2.05, 4.69) is 0 Å². The number of rotatable bonds is 3. The number of ether oxygens (including phenoxy) is 1. The summed E-state index contributed by atoms with van der Waals surface area (Å²) in [5, 5.41) is 0.943. The molecule has 1 heterocycles. The Morgan fingerprint density at radius 2 is 2.13 bits per heavy atom. The van der Waals surface area contributed by atoms with Crippen LogP contribution in [0.1, 0.15) is 17.3 Å². The molecule has 0 amide bonds. The maximum atomic E-state index is 11.0. The molecule has 0 atom stereocenters. The van der Waals surface area contributed by atoms with Gasteiger partial charge in [0.25, 0.3) is 0 Å². The summed E-state index contributed by atoms with van der Waals surface area (Å²) in [5.41, 5.74) is 1.65. The van der Waals surface area contributed by atoms with Gasteiger partial charge in [-0.3, -0.25) is 4.79 Å². The molecule has 1 aromatic carbocycles. The molecule has 0 aliphatic rings. The summed E-state index contributed by atoms with van der Waals surface area (Å²) >= 11 is 0. The molecule has 0 aliphatic carbocycles. The number of benzene rings is 1. The van der Waals surface area contributed by atoms with E-state index in [0.717, 1.165) is 17.2 Å². The molecule has 0 unspecified atom stereocenters. The number of para-hydroxylation sites is 1. The number of carbonyl (C=O) groups excluding carboxylic acids is 1. The van der Waals surface area contributed by atoms with E-state index in [-0.39, 0.29) is 0 Å². The zero-order valence-corrected chi connectivity index (χ0v) is 8.86. The van der Waals surface area contributed by atoms with Crippen LogP contribution in [0.25, 0.3) is 10.9 Å². The topological polar surface area (TPSA) is 31.2 Å². The van der Waals surface area contributed by atoms with Gasteiger partial charge < -0.3 is 9.30 Å². The summed E-state index contributed by atoms with van der Waals surface area (Å²) in [6, 6.07) is 7.78. The van der Waals surface area contributed by atoms with E-state index in [1.807, 2.05) is 42.8 Å². The Bertz CT molecular complexity index is 500. The van der Waals surface area contributed by atoms with E-state index in [9.17, 15) is 4.79 Å². The molecule has 1 aromatic heterocycles. The molecule has 2 rings (SSSR count). The van der Waals surface area contributed by atoms with Crippen molar-refractivity contribution in [3.8, 4) is 5.88 Å². The van der Waals surface area contributed by atoms with Crippen LogP contribution in [0.15, 0.2) is 24.3 Å². The summed E-state index contributed by atoms with van der Waals surface area (Å²) in [6.07, 6.45) is 0.854. The molecular weight excluding hydrogens is 190 g/mol. The average Bonchev–Trinajstić information content (AvgIpc) is 2.54. The number of aldehydes is 1. The molecule has 2 aromatic rings. The maximum Gasteiger partial charge on any atom is 0.205 e. The Kier molecular flexibility index (Phi) is 2.46. The van der Waals surface area contributed by atoms with Crippen LogP contribution in [0, 0.1) is 0 Å². The molecule has 3 heteroatoms. The number of hydrogen-bond donors (Lipinski definition) is 0. The number of aryl methyl sites for hydroxylation is 1. The smallest absolute Gasteiger partial charge is 0.205 e. The SMILES string of the molecule is CCOc1c(C=O)c2ccccc2n1C. The minimum absolute atomic E-state index is 0.561. The Morgan fingerprint density at radius 1 is 1.40 bits per heavy atom. The lowest BCUT2D eigenvalue weighted by atomic mass is 10.2. The third kappa shape index (κ3) is 1.40. The van der Waals surface area contributed by atoms with E-state index in [4.69, 9.17) is 4.74 Å². The van der Waals surface area contributed by atoms with E-state index >= 15 is 0 Å². The molecule has 0 spiro atoms. The Labute approximate surface area is 88.3 Å². The third-order valence-corrected chi connectivity index (χ3v) is 2.49. The van der Waals surface area contributed by atoms with Crippen LogP contribution in [-0.2, 0) is 7.05 Å². The fourth-order valence-corrected chi connectivity index (χ4v) is 1.82. The van der Waals surface area contributed by atoms with Gasteiger partial charge in [0.05, 0.1) is 17.7 Å². The second kappa shape index (κ2) is 3.77. The molecule has 0 N–H and O–H groups in total. The van der Waals surface area contributed by atoms with Crippen molar-refractivity contribution in [2.75, 3.05) is 6.61 Å². The van der Waals surface area contributed by atoms with Gasteiger partial charge in [-0.25, -0.2) is 0 Å². The van der Waals surface area contributed by atoms with Crippen molar-refractivity contribution in [1.82, 2.24) is 4.57 Å². The van der Waals surface area contributed by atoms with Crippen LogP contribution in [0.4, 0.5) is 0 Å². The third-order valence-electron chi connectivity index (χ3n) is 2.49. The van der Waals surface area contributed by atoms with E-state index in [1.54, 1.807) is 0 Å². The van der Waals surface area contributed by atoms with Gasteiger partial charge in [0.15, 0.2) is 6.29 Å². The van der Waals surface area contributed by atoms with Crippen molar-refractivity contribution in [3.63, 3.8) is 0 Å². The van der Waals surface area contributed by atoms with Gasteiger partial charge in [0.1, 0.15) is 0 Å². The first-order valence-electron chi connectivity index (χ1n) is 4.95. The van der Waals surface area contributed by atoms with Crippen LogP contribution in [0.5, 0.6) is 5.88 Å². The Hall–Kier alpha value is -1.77. The first-order valence-corrected chi connectivity index (χ1v) is 4.95. The minimum atomic E-state index is 0.561. The predicted molar refractivity (Wildman–Crippen MR) is 59.5 cm³/mol. The standard InChI is InChI=1S/C12H13NO2/c1-3-15-12-10(8-14)9-6-4-5-7-11(9)13(12)2/h4-8H,3H2,1-2H3. The van der Waals surface area contributed by atoms with Gasteiger partial charge in [-0.2, -0.15) is 0 Å². The lowest BCUT2D eigenvalue weighted by Crippen LogP contribution is -1.99. The van der Waals surface area contributed by atoms with E-state index < -0.39 is 0 Å². The van der Waals surface area contributed by atoms with Gasteiger partial charge in [0, 0.05) is 12.4 Å². The largest absolute Gasteiger partial charge is 0.479 e. The van der Waals surface area contributed by atoms with Crippen molar-refractivity contribution >= 4 is 17.2 Å². The first kappa shape index (κ1) is 9.77. The van der Waals surface area contributed by atoms with Gasteiger partial charge in [-0.15, -0.1) is 0 Å². The fraction of sp³-hybridized carbons (Fsp3) is 0.250. The Balaban J connectivity index is 2.77. The van der Waals surface area contributed by atoms with E-state index in [0.29, 0.717) is 18.1 Å². The lowest BCUT2D eigenvalue weighted by molar-refractivity contribution is 0.112. The Morgan fingerprint density at radius 3 is 2.80 bits per heavy atom. The van der Waals surface area contributed by atoms with E-state index in [1.165, 1.54) is 0 Å². The molecular formula is C12H13NO2. The highest BCUT2D eigenvalue weighted by atomic mass is 16.5. The molecule has 0 saturated heterocycles. The molecule has 15 heavy (non-hydrogen) atoms. The van der Waals surface area contributed by atoms with Crippen LogP contribution in [0.3, 0.4) is 0 Å². The molecule has 0 bridgehead atoms. The number of aromatic nitrogens is 1. The van der Waals surface area contributed by atoms with Gasteiger partial charge in [0.2, 0.25) is 5.88 Å². The molecule has 0 aliphatic heterocycles. The molecule has 0 fully saturated rings. The molecule has 0 radical (unpaired) electrons. The monoisotopic (exact) mass is 203 g/mol. The maximum absolute atomic E-state index is 11.0. The van der Waals surface area contributed by atoms with Crippen molar-refractivity contribution < 1.29 is 9.53 Å². The molecule has 78 valence electrons. The van der Waals surface area contributed by atoms with Crippen LogP contribution >= 0.6 is 0 Å². The van der Waals surface area contributed by atoms with Crippen molar-refractivity contribution in [2.45, 2.75) is 6.92 Å². The second-order valence-electron chi connectivity index (χ2n) is 3.35. The van der Waals surface area contributed by atoms with Crippen molar-refractivity contribution in [1.29, 1.82) is 0 Å². The summed E-state index contributed by atoms with van der Waals surface area (Å²) < 4.78 is 7.38. The summed E-state index contributed by atoms with van der Waals surface area (Å²) in [7, 11) is 1.90. The first-order chi connectivity index (χ1) is 7.29. The van der Waals surface area contributed by atoms with Gasteiger partial charge >= 0.3 is 0 Å². The highest BCUT2D eigenvalue weighted by Crippen LogP contribution is 2.29. The second-order valence-corrected chi connectivity index (χ2v) is 3.35. The zero-order chi connectivity index (χ0) is 10.8. The number of hydrogen-bond acceptors (Lipinski definition) is 2. The number of fused-ring (bicyclic) bond motifs is 1. The molecule has 0 saturated carbocycles. The summed E-state index contributed by atoms with van der Waals surface area (Å²) in [5.74, 6) is 0.647. The minimum Gasteiger partial charge on any atom is -0.479 e. The van der Waals surface area contributed by atoms with Crippen LogP contribution < -0.4 is 4.74 Å². The fourth-order valence-electron chi connectivity index (χ4n) is 1.82.